The largest absolute Gasteiger partial charge is 0.472 e. The Labute approximate surface area is 376 Å². The van der Waals surface area contributed by atoms with Gasteiger partial charge in [-0.05, 0) is 51.0 Å². The Morgan fingerprint density at radius 1 is 0.590 bits per heavy atom. The van der Waals surface area contributed by atoms with Gasteiger partial charge in [-0.25, -0.2) is 4.57 Å². The minimum Gasteiger partial charge on any atom is -0.456 e. The smallest absolute Gasteiger partial charge is 0.456 e. The number of hydrogen-bond acceptors (Lipinski definition) is 6. The lowest BCUT2D eigenvalue weighted by molar-refractivity contribution is -0.870. The summed E-state index contributed by atoms with van der Waals surface area (Å²) in [7, 11) is 1.48. The number of amides is 1. The molecule has 0 heterocycles. The highest BCUT2D eigenvalue weighted by Crippen LogP contribution is 2.43. The first-order valence-corrected chi connectivity index (χ1v) is 26.5. The van der Waals surface area contributed by atoms with Gasteiger partial charge in [0.1, 0.15) is 19.3 Å². The lowest BCUT2D eigenvalue weighted by Gasteiger charge is -2.27. The van der Waals surface area contributed by atoms with E-state index in [0.29, 0.717) is 17.4 Å². The number of carbonyl (C=O) groups excluding carboxylic acids is 2. The van der Waals surface area contributed by atoms with E-state index in [0.717, 1.165) is 83.5 Å². The minimum atomic E-state index is -4.44. The van der Waals surface area contributed by atoms with Gasteiger partial charge in [-0.15, -0.1) is 0 Å². The molecule has 0 radical (unpaired) electrons. The minimum absolute atomic E-state index is 0.0360. The average Bonchev–Trinajstić information content (AvgIpc) is 3.21. The second kappa shape index (κ2) is 42.0. The maximum atomic E-state index is 13.4. The lowest BCUT2D eigenvalue weighted by Crippen LogP contribution is -2.47. The topological polar surface area (TPSA) is 111 Å². The molecule has 356 valence electrons. The number of unbranched alkanes of at least 4 members (excludes halogenated alkanes) is 24. The van der Waals surface area contributed by atoms with E-state index in [4.69, 9.17) is 13.8 Å². The van der Waals surface area contributed by atoms with Crippen LogP contribution in [0.3, 0.4) is 0 Å². The summed E-state index contributed by atoms with van der Waals surface area (Å²) in [6.07, 6.45) is 48.2. The number of carbonyl (C=O) groups is 2. The van der Waals surface area contributed by atoms with Crippen LogP contribution in [0, 0.1) is 0 Å². The summed E-state index contributed by atoms with van der Waals surface area (Å²) in [6.45, 7) is 6.83. The Morgan fingerprint density at radius 3 is 1.56 bits per heavy atom. The van der Waals surface area contributed by atoms with Crippen molar-refractivity contribution in [2.75, 3.05) is 40.9 Å². The highest BCUT2D eigenvalue weighted by Gasteiger charge is 2.30. The number of nitrogens with one attached hydrogen (secondary N) is 1. The van der Waals surface area contributed by atoms with Gasteiger partial charge < -0.3 is 19.4 Å². The Morgan fingerprint density at radius 2 is 1.05 bits per heavy atom. The first-order chi connectivity index (χ1) is 29.4. The van der Waals surface area contributed by atoms with Crippen LogP contribution < -0.4 is 5.32 Å². The van der Waals surface area contributed by atoms with Crippen molar-refractivity contribution in [3.05, 3.63) is 48.6 Å². The van der Waals surface area contributed by atoms with Gasteiger partial charge in [0, 0.05) is 12.8 Å². The molecule has 10 heteroatoms. The number of likely N-dealkylation sites (N-methyl/N-ethyl adjacent to an activating group) is 1. The molecule has 0 aromatic carbocycles. The van der Waals surface area contributed by atoms with Crippen molar-refractivity contribution in [1.29, 1.82) is 0 Å². The van der Waals surface area contributed by atoms with Gasteiger partial charge in [-0.2, -0.15) is 0 Å². The fourth-order valence-corrected chi connectivity index (χ4v) is 7.67. The van der Waals surface area contributed by atoms with Crippen LogP contribution in [0.5, 0.6) is 0 Å². The molecule has 0 fully saturated rings. The molecule has 0 spiro atoms. The molecule has 61 heavy (non-hydrogen) atoms. The van der Waals surface area contributed by atoms with E-state index in [1.165, 1.54) is 96.3 Å². The number of esters is 1. The molecule has 0 aliphatic rings. The van der Waals surface area contributed by atoms with E-state index in [1.807, 2.05) is 39.4 Å². The zero-order valence-corrected chi connectivity index (χ0v) is 41.3. The molecule has 1 amide bonds. The number of ether oxygens (including phenoxy) is 1. The molecule has 0 aliphatic carbocycles. The summed E-state index contributed by atoms with van der Waals surface area (Å²) in [5.41, 5.74) is 0. The quantitative estimate of drug-likeness (QED) is 0.0157. The molecular weight excluding hydrogens is 784 g/mol. The summed E-state index contributed by atoms with van der Waals surface area (Å²) in [5.74, 6) is -0.531. The van der Waals surface area contributed by atoms with E-state index in [1.54, 1.807) is 0 Å². The lowest BCUT2D eigenvalue weighted by atomic mass is 10.0. The number of quaternary nitrogens is 1. The van der Waals surface area contributed by atoms with Crippen molar-refractivity contribution in [3.8, 4) is 0 Å². The van der Waals surface area contributed by atoms with E-state index in [9.17, 15) is 19.0 Å². The molecule has 3 atom stereocenters. The maximum Gasteiger partial charge on any atom is 0.472 e. The summed E-state index contributed by atoms with van der Waals surface area (Å²) < 4.78 is 30.4. The predicted molar refractivity (Wildman–Crippen MR) is 259 cm³/mol. The molecule has 0 saturated heterocycles. The van der Waals surface area contributed by atoms with Gasteiger partial charge in [0.05, 0.1) is 33.8 Å². The van der Waals surface area contributed by atoms with Gasteiger partial charge in [0.2, 0.25) is 5.91 Å². The molecule has 2 N–H and O–H groups in total. The predicted octanol–water partition coefficient (Wildman–Crippen LogP) is 14.2. The highest BCUT2D eigenvalue weighted by molar-refractivity contribution is 7.47. The summed E-state index contributed by atoms with van der Waals surface area (Å²) in [5, 5.41) is 3.02. The Kier molecular flexibility index (Phi) is 40.6. The standard InChI is InChI=1S/C51H95N2O7P/c1-7-10-13-16-19-22-25-26-29-31-34-37-40-43-50(54)52-48(47-59-61(56,57)58-46-45-53(4,5)6)49(42-39-36-33-30-27-23-20-17-14-11-8-2)60-51(55)44-41-38-35-32-28-24-21-18-15-12-9-3/h10,13,16,19,22,25,39,42,48-49H,7-9,11-12,14-15,17-18,20-21,23-24,26-38,40-41,43-47H2,1-6H3,(H-,52,54,56,57)/p+1/b13-10+,19-16+,25-22-,42-39+. The number of rotatable bonds is 44. The van der Waals surface area contributed by atoms with Crippen LogP contribution in [-0.2, 0) is 27.9 Å². The van der Waals surface area contributed by atoms with Crippen LogP contribution in [0.15, 0.2) is 48.6 Å². The molecule has 0 saturated carbocycles. The molecule has 3 unspecified atom stereocenters. The van der Waals surface area contributed by atoms with Crippen LogP contribution in [-0.4, -0.2) is 74.3 Å². The second-order valence-corrected chi connectivity index (χ2v) is 19.5. The van der Waals surface area contributed by atoms with Crippen molar-refractivity contribution in [1.82, 2.24) is 5.32 Å². The fourth-order valence-electron chi connectivity index (χ4n) is 6.94. The van der Waals surface area contributed by atoms with Crippen LogP contribution in [0.2, 0.25) is 0 Å². The Balaban J connectivity index is 5.48. The molecule has 0 bridgehead atoms. The molecule has 0 aromatic rings. The highest BCUT2D eigenvalue weighted by atomic mass is 31.2. The second-order valence-electron chi connectivity index (χ2n) is 18.0. The van der Waals surface area contributed by atoms with Crippen molar-refractivity contribution < 1.29 is 37.3 Å². The SMILES string of the molecule is CC/C=C/C=C/C=C\CCCCCCCC(=O)NC(COP(=O)(O)OCC[N+](C)(C)C)C(/C=C/CCCCCCCCCCC)OC(=O)CCCCCCCCCCCCC. The van der Waals surface area contributed by atoms with Crippen LogP contribution in [0.25, 0.3) is 0 Å². The van der Waals surface area contributed by atoms with E-state index < -0.39 is 20.0 Å². The first kappa shape index (κ1) is 59.0. The van der Waals surface area contributed by atoms with Gasteiger partial charge in [-0.3, -0.25) is 18.6 Å². The van der Waals surface area contributed by atoms with E-state index in [2.05, 4.69) is 56.5 Å². The summed E-state index contributed by atoms with van der Waals surface area (Å²) >= 11 is 0. The molecule has 0 aromatic heterocycles. The van der Waals surface area contributed by atoms with Crippen molar-refractivity contribution in [2.24, 2.45) is 0 Å². The molecule has 0 aliphatic heterocycles. The summed E-state index contributed by atoms with van der Waals surface area (Å²) in [6, 6.07) is -0.853. The van der Waals surface area contributed by atoms with E-state index >= 15 is 0 Å². The zero-order valence-electron chi connectivity index (χ0n) is 40.4. The summed E-state index contributed by atoms with van der Waals surface area (Å²) in [4.78, 5) is 37.3. The van der Waals surface area contributed by atoms with Crippen LogP contribution in [0.4, 0.5) is 0 Å². The number of phosphoric ester groups is 1. The third-order valence-corrected chi connectivity index (χ3v) is 11.8. The fraction of sp³-hybridized carbons (Fsp3) is 0.804. The van der Waals surface area contributed by atoms with Gasteiger partial charge >= 0.3 is 13.8 Å². The molecule has 0 rings (SSSR count). The van der Waals surface area contributed by atoms with Gasteiger partial charge in [-0.1, -0.05) is 198 Å². The van der Waals surface area contributed by atoms with E-state index in [-0.39, 0.29) is 31.5 Å². The Hall–Kier alpha value is -2.03. The zero-order chi connectivity index (χ0) is 45.1. The van der Waals surface area contributed by atoms with Crippen LogP contribution >= 0.6 is 7.82 Å². The molecular formula is C51H96N2O7P+. The number of allylic oxidation sites excluding steroid dienone is 7. The third-order valence-electron chi connectivity index (χ3n) is 10.8. The normalized spacial score (nSPS) is 14.4. The third kappa shape index (κ3) is 43.0. The number of nitrogens with zero attached hydrogens (tertiary/aromatic N) is 1. The number of hydrogen-bond donors (Lipinski definition) is 2. The first-order valence-electron chi connectivity index (χ1n) is 25.0. The number of phosphoric acid groups is 1. The maximum absolute atomic E-state index is 13.4. The monoisotopic (exact) mass is 880 g/mol. The van der Waals surface area contributed by atoms with Gasteiger partial charge in [0.25, 0.3) is 0 Å². The van der Waals surface area contributed by atoms with Gasteiger partial charge in [0.15, 0.2) is 0 Å². The Bertz CT molecular complexity index is 1200. The molecule has 9 nitrogen and oxygen atoms in total. The average molecular weight is 880 g/mol. The van der Waals surface area contributed by atoms with Crippen LogP contribution in [0.1, 0.15) is 213 Å². The van der Waals surface area contributed by atoms with Crippen molar-refractivity contribution in [2.45, 2.75) is 226 Å². The van der Waals surface area contributed by atoms with Crippen molar-refractivity contribution >= 4 is 19.7 Å². The van der Waals surface area contributed by atoms with Crippen molar-refractivity contribution in [3.63, 3.8) is 0 Å².